The normalized spacial score (nSPS) is 10.7. The molecule has 2 N–H and O–H groups in total. The minimum Gasteiger partial charge on any atom is -0.490 e. The molecule has 0 heterocycles. The van der Waals surface area contributed by atoms with E-state index >= 15 is 0 Å². The van der Waals surface area contributed by atoms with Crippen LogP contribution in [0.2, 0.25) is 5.02 Å². The summed E-state index contributed by atoms with van der Waals surface area (Å²) < 4.78 is 24.3. The van der Waals surface area contributed by atoms with Crippen molar-refractivity contribution in [1.82, 2.24) is 5.32 Å². The standard InChI is InChI=1S/C18H21ClFNO3/c1-2-23-17-9-14(11-21-7-8-22)16(19)10-18(17)24-12-13-3-5-15(20)6-4-13/h3-6,9-10,21-22H,2,7-8,11-12H2,1H3. The van der Waals surface area contributed by atoms with Crippen LogP contribution in [0.15, 0.2) is 36.4 Å². The van der Waals surface area contributed by atoms with Gasteiger partial charge in [-0.15, -0.1) is 0 Å². The highest BCUT2D eigenvalue weighted by atomic mass is 35.5. The van der Waals surface area contributed by atoms with Gasteiger partial charge in [0.05, 0.1) is 13.2 Å². The second kappa shape index (κ2) is 9.47. The summed E-state index contributed by atoms with van der Waals surface area (Å²) in [4.78, 5) is 0. The Morgan fingerprint density at radius 3 is 2.50 bits per heavy atom. The third-order valence-corrected chi connectivity index (χ3v) is 3.68. The zero-order valence-corrected chi connectivity index (χ0v) is 14.3. The first-order chi connectivity index (χ1) is 11.6. The van der Waals surface area contributed by atoms with Gasteiger partial charge < -0.3 is 19.9 Å². The van der Waals surface area contributed by atoms with E-state index in [-0.39, 0.29) is 12.4 Å². The van der Waals surface area contributed by atoms with E-state index in [0.29, 0.717) is 42.8 Å². The number of rotatable bonds is 9. The van der Waals surface area contributed by atoms with Crippen LogP contribution < -0.4 is 14.8 Å². The zero-order chi connectivity index (χ0) is 17.4. The topological polar surface area (TPSA) is 50.7 Å². The largest absolute Gasteiger partial charge is 0.490 e. The fourth-order valence-corrected chi connectivity index (χ4v) is 2.36. The van der Waals surface area contributed by atoms with Gasteiger partial charge in [0.15, 0.2) is 11.5 Å². The number of hydrogen-bond donors (Lipinski definition) is 2. The Bertz CT molecular complexity index is 649. The molecule has 0 saturated heterocycles. The molecule has 130 valence electrons. The first-order valence-electron chi connectivity index (χ1n) is 7.78. The maximum absolute atomic E-state index is 12.9. The van der Waals surface area contributed by atoms with Crippen LogP contribution in [0, 0.1) is 5.82 Å². The minimum absolute atomic E-state index is 0.0643. The van der Waals surface area contributed by atoms with E-state index in [2.05, 4.69) is 5.32 Å². The molecule has 0 amide bonds. The maximum atomic E-state index is 12.9. The Hall–Kier alpha value is -1.82. The molecule has 0 aliphatic rings. The first kappa shape index (κ1) is 18.5. The molecule has 0 bridgehead atoms. The Balaban J connectivity index is 2.12. The van der Waals surface area contributed by atoms with E-state index in [4.69, 9.17) is 26.2 Å². The van der Waals surface area contributed by atoms with Gasteiger partial charge in [0.2, 0.25) is 0 Å². The lowest BCUT2D eigenvalue weighted by Crippen LogP contribution is -2.17. The zero-order valence-electron chi connectivity index (χ0n) is 13.5. The predicted molar refractivity (Wildman–Crippen MR) is 92.1 cm³/mol. The molecule has 2 aromatic carbocycles. The summed E-state index contributed by atoms with van der Waals surface area (Å²) in [6.07, 6.45) is 0. The highest BCUT2D eigenvalue weighted by molar-refractivity contribution is 6.31. The Morgan fingerprint density at radius 1 is 1.12 bits per heavy atom. The molecule has 24 heavy (non-hydrogen) atoms. The number of aliphatic hydroxyl groups is 1. The molecule has 0 atom stereocenters. The van der Waals surface area contributed by atoms with Gasteiger partial charge in [-0.05, 0) is 36.2 Å². The second-order valence-corrected chi connectivity index (χ2v) is 5.55. The van der Waals surface area contributed by atoms with Crippen molar-refractivity contribution in [1.29, 1.82) is 0 Å². The molecular formula is C18H21ClFNO3. The van der Waals surface area contributed by atoms with Gasteiger partial charge in [-0.25, -0.2) is 4.39 Å². The van der Waals surface area contributed by atoms with Crippen molar-refractivity contribution < 1.29 is 19.0 Å². The van der Waals surface area contributed by atoms with E-state index < -0.39 is 0 Å². The average molecular weight is 354 g/mol. The number of hydrogen-bond acceptors (Lipinski definition) is 4. The third-order valence-electron chi connectivity index (χ3n) is 3.32. The summed E-state index contributed by atoms with van der Waals surface area (Å²) in [5, 5.41) is 12.5. The predicted octanol–water partition coefficient (Wildman–Crippen LogP) is 3.54. The summed E-state index contributed by atoms with van der Waals surface area (Å²) in [6.45, 7) is 3.76. The van der Waals surface area contributed by atoms with Gasteiger partial charge in [-0.1, -0.05) is 23.7 Å². The number of ether oxygens (including phenoxy) is 2. The molecule has 0 radical (unpaired) electrons. The van der Waals surface area contributed by atoms with Gasteiger partial charge in [0.25, 0.3) is 0 Å². The molecular weight excluding hydrogens is 333 g/mol. The van der Waals surface area contributed by atoms with Gasteiger partial charge in [0, 0.05) is 24.2 Å². The minimum atomic E-state index is -0.281. The molecule has 6 heteroatoms. The summed E-state index contributed by atoms with van der Waals surface area (Å²) in [5.41, 5.74) is 1.71. The molecule has 4 nitrogen and oxygen atoms in total. The second-order valence-electron chi connectivity index (χ2n) is 5.14. The van der Waals surface area contributed by atoms with Crippen LogP contribution >= 0.6 is 11.6 Å². The highest BCUT2D eigenvalue weighted by Crippen LogP contribution is 2.34. The van der Waals surface area contributed by atoms with Gasteiger partial charge in [-0.3, -0.25) is 0 Å². The van der Waals surface area contributed by atoms with E-state index in [1.807, 2.05) is 13.0 Å². The van der Waals surface area contributed by atoms with Crippen LogP contribution in [0.1, 0.15) is 18.1 Å². The van der Waals surface area contributed by atoms with Crippen molar-refractivity contribution in [2.24, 2.45) is 0 Å². The monoisotopic (exact) mass is 353 g/mol. The molecule has 2 rings (SSSR count). The van der Waals surface area contributed by atoms with Crippen LogP contribution in [0.5, 0.6) is 11.5 Å². The van der Waals surface area contributed by atoms with Crippen molar-refractivity contribution >= 4 is 11.6 Å². The number of benzene rings is 2. The number of halogens is 2. The van der Waals surface area contributed by atoms with Crippen molar-refractivity contribution in [2.45, 2.75) is 20.1 Å². The lowest BCUT2D eigenvalue weighted by molar-refractivity contribution is 0.269. The SMILES string of the molecule is CCOc1cc(CNCCO)c(Cl)cc1OCc1ccc(F)cc1. The molecule has 2 aromatic rings. The summed E-state index contributed by atoms with van der Waals surface area (Å²) in [7, 11) is 0. The van der Waals surface area contributed by atoms with E-state index in [9.17, 15) is 4.39 Å². The lowest BCUT2D eigenvalue weighted by atomic mass is 10.2. The first-order valence-corrected chi connectivity index (χ1v) is 8.16. The van der Waals surface area contributed by atoms with E-state index in [1.165, 1.54) is 12.1 Å². The average Bonchev–Trinajstić information content (AvgIpc) is 2.58. The van der Waals surface area contributed by atoms with Crippen LogP contribution in [-0.2, 0) is 13.2 Å². The molecule has 0 unspecified atom stereocenters. The summed E-state index contributed by atoms with van der Waals surface area (Å²) >= 11 is 6.30. The van der Waals surface area contributed by atoms with Crippen LogP contribution in [0.25, 0.3) is 0 Å². The van der Waals surface area contributed by atoms with Gasteiger partial charge in [-0.2, -0.15) is 0 Å². The number of nitrogens with one attached hydrogen (secondary N) is 1. The third kappa shape index (κ3) is 5.37. The van der Waals surface area contributed by atoms with Crippen molar-refractivity contribution in [3.63, 3.8) is 0 Å². The fraction of sp³-hybridized carbons (Fsp3) is 0.333. The quantitative estimate of drug-likeness (QED) is 0.677. The van der Waals surface area contributed by atoms with E-state index in [1.54, 1.807) is 18.2 Å². The van der Waals surface area contributed by atoms with Crippen molar-refractivity contribution in [3.05, 3.63) is 58.4 Å². The Labute approximate surface area is 146 Å². The highest BCUT2D eigenvalue weighted by Gasteiger charge is 2.11. The molecule has 0 aliphatic heterocycles. The van der Waals surface area contributed by atoms with Crippen molar-refractivity contribution in [2.75, 3.05) is 19.8 Å². The molecule has 0 aliphatic carbocycles. The molecule has 0 spiro atoms. The lowest BCUT2D eigenvalue weighted by Gasteiger charge is -2.15. The summed E-state index contributed by atoms with van der Waals surface area (Å²) in [6, 6.07) is 9.67. The molecule has 0 aromatic heterocycles. The van der Waals surface area contributed by atoms with Gasteiger partial charge >= 0.3 is 0 Å². The molecule has 0 saturated carbocycles. The van der Waals surface area contributed by atoms with Crippen LogP contribution in [-0.4, -0.2) is 24.9 Å². The molecule has 0 fully saturated rings. The Morgan fingerprint density at radius 2 is 1.83 bits per heavy atom. The number of aliphatic hydroxyl groups excluding tert-OH is 1. The van der Waals surface area contributed by atoms with Gasteiger partial charge in [0.1, 0.15) is 12.4 Å². The maximum Gasteiger partial charge on any atom is 0.163 e. The van der Waals surface area contributed by atoms with Crippen LogP contribution in [0.4, 0.5) is 4.39 Å². The van der Waals surface area contributed by atoms with E-state index in [0.717, 1.165) is 11.1 Å². The summed E-state index contributed by atoms with van der Waals surface area (Å²) in [5.74, 6) is 0.860. The fourth-order valence-electron chi connectivity index (χ4n) is 2.14. The Kier molecular flexibility index (Phi) is 7.31. The van der Waals surface area contributed by atoms with Crippen LogP contribution in [0.3, 0.4) is 0 Å². The van der Waals surface area contributed by atoms with Crippen molar-refractivity contribution in [3.8, 4) is 11.5 Å². The smallest absolute Gasteiger partial charge is 0.163 e.